The Bertz CT molecular complexity index is 43.3. The zero-order valence-corrected chi connectivity index (χ0v) is 9.50. The monoisotopic (exact) mass is 170 g/mol. The Balaban J connectivity index is 3.14. The maximum absolute atomic E-state index is 3.67. The van der Waals surface area contributed by atoms with Gasteiger partial charge in [0.2, 0.25) is 0 Å². The fourth-order valence-corrected chi connectivity index (χ4v) is 12.7. The predicted octanol–water partition coefficient (Wildman–Crippen LogP) is -0.736. The van der Waals surface area contributed by atoms with Crippen LogP contribution < -0.4 is 0 Å². The van der Waals surface area contributed by atoms with E-state index in [2.05, 4.69) is 32.6 Å². The molecule has 10 radical (unpaired) electrons. The van der Waals surface area contributed by atoms with E-state index in [-0.39, 0.29) is 15.7 Å². The maximum Gasteiger partial charge on any atom is 0.0145 e. The van der Waals surface area contributed by atoms with E-state index in [1.54, 1.807) is 0 Å². The molecule has 0 rings (SSSR count). The number of rotatable bonds is 2. The number of hydrogen-bond acceptors (Lipinski definition) is 0. The van der Waals surface area contributed by atoms with Gasteiger partial charge in [0.15, 0.2) is 0 Å². The van der Waals surface area contributed by atoms with E-state index in [4.69, 9.17) is 0 Å². The van der Waals surface area contributed by atoms with Gasteiger partial charge in [-0.3, -0.25) is 0 Å². The molecule has 0 aliphatic rings. The van der Waals surface area contributed by atoms with Gasteiger partial charge in [-0.05, 0) is 0 Å². The Kier molecular flexibility index (Phi) is 4.63. The molecule has 0 nitrogen and oxygen atoms in total. The van der Waals surface area contributed by atoms with Gasteiger partial charge in [0.25, 0.3) is 0 Å². The summed E-state index contributed by atoms with van der Waals surface area (Å²) < 4.78 is 0. The van der Waals surface area contributed by atoms with Gasteiger partial charge in [-0.1, -0.05) is 13.1 Å². The van der Waals surface area contributed by atoms with E-state index in [0.717, 1.165) is 8.55 Å². The molecule has 0 aromatic carbocycles. The third-order valence-electron chi connectivity index (χ3n) is 0.750. The van der Waals surface area contributed by atoms with Crippen LogP contribution in [0.4, 0.5) is 0 Å². The first kappa shape index (κ1) is 8.08. The Labute approximate surface area is 57.1 Å². The summed E-state index contributed by atoms with van der Waals surface area (Å²) in [5, 5.41) is 0. The first-order valence-corrected chi connectivity index (χ1v) is 12.0. The van der Waals surface area contributed by atoms with Gasteiger partial charge < -0.3 is 0 Å². The Hall–Kier alpha value is 1.08. The minimum absolute atomic E-state index is 0.0108. The quantitative estimate of drug-likeness (QED) is 0.479. The molecular weight excluding hydrogens is 164 g/mol. The highest BCUT2D eigenvalue weighted by Gasteiger charge is 2.05. The van der Waals surface area contributed by atoms with Crippen molar-refractivity contribution in [2.75, 3.05) is 0 Å². The summed E-state index contributed by atoms with van der Waals surface area (Å²) in [5.41, 5.74) is 0. The van der Waals surface area contributed by atoms with Gasteiger partial charge in [-0.15, -0.1) is 0 Å². The lowest BCUT2D eigenvalue weighted by molar-refractivity contribution is 2.24. The molecule has 34 valence electrons. The molecule has 0 saturated heterocycles. The van der Waals surface area contributed by atoms with Gasteiger partial charge in [0.05, 0.1) is 0 Å². The van der Waals surface area contributed by atoms with Crippen molar-refractivity contribution in [3.05, 3.63) is 0 Å². The topological polar surface area (TPSA) is 0 Å². The zero-order chi connectivity index (χ0) is 5.86. The van der Waals surface area contributed by atoms with Crippen molar-refractivity contribution in [2.45, 2.75) is 13.1 Å². The van der Waals surface area contributed by atoms with Crippen LogP contribution in [0.25, 0.3) is 0 Å². The summed E-state index contributed by atoms with van der Waals surface area (Å²) in [7, 11) is 8.13. The second kappa shape index (κ2) is 4.01. The van der Waals surface area contributed by atoms with Crippen LogP contribution in [0.1, 0.15) is 0 Å². The standard InChI is InChI=1S/C2H6Si5/c1-6(4)7(2)5-3/h1-2H3. The Morgan fingerprint density at radius 3 is 1.86 bits per heavy atom. The van der Waals surface area contributed by atoms with Crippen LogP contribution in [-0.2, 0) is 0 Å². The smallest absolute Gasteiger partial charge is 0.0145 e. The summed E-state index contributed by atoms with van der Waals surface area (Å²) in [6, 6.07) is 0. The average Bonchev–Trinajstić information content (AvgIpc) is 1.65. The fourth-order valence-electron chi connectivity index (χ4n) is 0.0938. The van der Waals surface area contributed by atoms with E-state index in [9.17, 15) is 0 Å². The van der Waals surface area contributed by atoms with E-state index in [0.29, 0.717) is 0 Å². The highest BCUT2D eigenvalue weighted by Crippen LogP contribution is 1.79. The molecule has 0 atom stereocenters. The second-order valence-corrected chi connectivity index (χ2v) is 19.1. The van der Waals surface area contributed by atoms with Crippen molar-refractivity contribution in [1.29, 1.82) is 0 Å². The Morgan fingerprint density at radius 2 is 1.86 bits per heavy atom. The van der Waals surface area contributed by atoms with Crippen LogP contribution in [0.2, 0.25) is 13.1 Å². The summed E-state index contributed by atoms with van der Waals surface area (Å²) in [6.07, 6.45) is 0. The molecule has 0 aromatic rings. The molecule has 0 aliphatic heterocycles. The van der Waals surface area contributed by atoms with Crippen LogP contribution in [0.3, 0.4) is 0 Å². The normalized spacial score (nSPS) is 11.1. The molecule has 0 N–H and O–H groups in total. The summed E-state index contributed by atoms with van der Waals surface area (Å²) >= 11 is 0. The summed E-state index contributed by atoms with van der Waals surface area (Å²) in [6.45, 7) is 4.67. The zero-order valence-electron chi connectivity index (χ0n) is 4.50. The van der Waals surface area contributed by atoms with Crippen LogP contribution in [0, 0.1) is 0 Å². The highest BCUT2D eigenvalue weighted by atomic mass is 29.9. The first-order chi connectivity index (χ1) is 3.18. The molecule has 0 spiro atoms. The van der Waals surface area contributed by atoms with Gasteiger partial charge in [-0.25, -0.2) is 0 Å². The number of hydrogen-bond donors (Lipinski definition) is 0. The van der Waals surface area contributed by atoms with Crippen LogP contribution in [-0.4, -0.2) is 43.7 Å². The van der Waals surface area contributed by atoms with Gasteiger partial charge >= 0.3 is 0 Å². The lowest BCUT2D eigenvalue weighted by Gasteiger charge is -2.05. The maximum atomic E-state index is 3.67. The molecule has 5 heteroatoms. The van der Waals surface area contributed by atoms with Crippen LogP contribution in [0.5, 0.6) is 0 Å². The van der Waals surface area contributed by atoms with E-state index in [1.165, 1.54) is 0 Å². The lowest BCUT2D eigenvalue weighted by atomic mass is 11.9. The largest absolute Gasteiger partial charge is 0.0761 e. The molecule has 0 unspecified atom stereocenters. The summed E-state index contributed by atoms with van der Waals surface area (Å²) in [5.74, 6) is 0. The third-order valence-corrected chi connectivity index (χ3v) is 22.5. The highest BCUT2D eigenvalue weighted by molar-refractivity contribution is 7.61. The van der Waals surface area contributed by atoms with Gasteiger partial charge in [0, 0.05) is 43.7 Å². The predicted molar refractivity (Wildman–Crippen MR) is 40.5 cm³/mol. The van der Waals surface area contributed by atoms with E-state index < -0.39 is 0 Å². The SMILES string of the molecule is C[Si]([Si])[Si](C)[Si][Si]. The van der Waals surface area contributed by atoms with Crippen LogP contribution >= 0.6 is 0 Å². The minimum Gasteiger partial charge on any atom is -0.0761 e. The molecule has 0 heterocycles. The molecule has 0 aliphatic carbocycles. The van der Waals surface area contributed by atoms with Crippen molar-refractivity contribution >= 4 is 43.7 Å². The Morgan fingerprint density at radius 1 is 1.43 bits per heavy atom. The van der Waals surface area contributed by atoms with Crippen molar-refractivity contribution in [2.24, 2.45) is 0 Å². The first-order valence-electron chi connectivity index (χ1n) is 2.00. The molecule has 0 saturated carbocycles. The van der Waals surface area contributed by atoms with Gasteiger partial charge in [0.1, 0.15) is 0 Å². The fraction of sp³-hybridized carbons (Fsp3) is 1.00. The lowest BCUT2D eigenvalue weighted by Crippen LogP contribution is -2.36. The van der Waals surface area contributed by atoms with Crippen molar-refractivity contribution < 1.29 is 0 Å². The molecule has 7 heavy (non-hydrogen) atoms. The van der Waals surface area contributed by atoms with E-state index >= 15 is 0 Å². The molecule has 0 fully saturated rings. The molecule has 0 aromatic heterocycles. The molecule has 0 bridgehead atoms. The molecule has 0 amide bonds. The average molecular weight is 170 g/mol. The minimum atomic E-state index is -0.0921. The van der Waals surface area contributed by atoms with Crippen molar-refractivity contribution in [3.8, 4) is 0 Å². The van der Waals surface area contributed by atoms with E-state index in [1.807, 2.05) is 0 Å². The summed E-state index contributed by atoms with van der Waals surface area (Å²) in [4.78, 5) is 0. The van der Waals surface area contributed by atoms with Crippen LogP contribution in [0.15, 0.2) is 0 Å². The van der Waals surface area contributed by atoms with Gasteiger partial charge in [-0.2, -0.15) is 0 Å². The molecular formula is C2H6Si5. The third kappa shape index (κ3) is 3.65. The van der Waals surface area contributed by atoms with Crippen molar-refractivity contribution in [1.82, 2.24) is 0 Å². The second-order valence-electron chi connectivity index (χ2n) is 1.38. The van der Waals surface area contributed by atoms with Crippen molar-refractivity contribution in [3.63, 3.8) is 0 Å².